The Morgan fingerprint density at radius 2 is 1.96 bits per heavy atom. The fourth-order valence-electron chi connectivity index (χ4n) is 2.01. The van der Waals surface area contributed by atoms with Gasteiger partial charge in [0.2, 0.25) is 11.8 Å². The number of amides is 2. The Hall–Kier alpha value is -1.82. The normalized spacial score (nSPS) is 11.2. The zero-order chi connectivity index (χ0) is 18.1. The van der Waals surface area contributed by atoms with E-state index in [-0.39, 0.29) is 17.7 Å². The van der Waals surface area contributed by atoms with Gasteiger partial charge in [0.05, 0.1) is 5.69 Å². The quantitative estimate of drug-likeness (QED) is 0.528. The van der Waals surface area contributed by atoms with Crippen molar-refractivity contribution in [1.29, 1.82) is 0 Å². The molecule has 7 heteroatoms. The van der Waals surface area contributed by atoms with E-state index in [1.807, 2.05) is 20.8 Å². The minimum absolute atomic E-state index is 0.0262. The summed E-state index contributed by atoms with van der Waals surface area (Å²) in [6, 6.07) is 0. The van der Waals surface area contributed by atoms with Gasteiger partial charge in [-0.15, -0.1) is 0 Å². The topological polar surface area (TPSA) is 76.0 Å². The van der Waals surface area contributed by atoms with Crippen LogP contribution in [0.4, 0.5) is 0 Å². The van der Waals surface area contributed by atoms with Crippen molar-refractivity contribution in [3.8, 4) is 0 Å². The van der Waals surface area contributed by atoms with E-state index in [4.69, 9.17) is 11.6 Å². The molecule has 0 aliphatic rings. The van der Waals surface area contributed by atoms with Crippen LogP contribution in [-0.4, -0.2) is 34.7 Å². The van der Waals surface area contributed by atoms with Crippen LogP contribution in [0, 0.1) is 12.8 Å². The Labute approximate surface area is 148 Å². The molecule has 0 radical (unpaired) electrons. The van der Waals surface area contributed by atoms with Crippen LogP contribution in [0.15, 0.2) is 6.08 Å². The molecule has 0 saturated heterocycles. The zero-order valence-corrected chi connectivity index (χ0v) is 15.6. The van der Waals surface area contributed by atoms with Gasteiger partial charge < -0.3 is 10.6 Å². The maximum Gasteiger partial charge on any atom is 0.244 e. The van der Waals surface area contributed by atoms with Crippen molar-refractivity contribution in [3.05, 3.63) is 22.5 Å². The molecular formula is C17H27ClN4O2. The smallest absolute Gasteiger partial charge is 0.244 e. The van der Waals surface area contributed by atoms with Gasteiger partial charge in [0, 0.05) is 37.2 Å². The van der Waals surface area contributed by atoms with E-state index in [9.17, 15) is 9.59 Å². The highest BCUT2D eigenvalue weighted by atomic mass is 35.5. The number of unbranched alkanes of at least 4 members (excludes halogenated alkanes) is 1. The molecule has 0 spiro atoms. The first-order chi connectivity index (χ1) is 11.4. The maximum atomic E-state index is 11.8. The molecule has 0 bridgehead atoms. The summed E-state index contributed by atoms with van der Waals surface area (Å²) in [6.07, 6.45) is 5.18. The molecule has 0 saturated carbocycles. The molecule has 1 aromatic rings. The predicted molar refractivity (Wildman–Crippen MR) is 96.8 cm³/mol. The Bertz CT molecular complexity index is 594. The molecule has 2 amide bonds. The van der Waals surface area contributed by atoms with Gasteiger partial charge in [0.15, 0.2) is 0 Å². The molecule has 134 valence electrons. The first-order valence-electron chi connectivity index (χ1n) is 8.33. The second kappa shape index (κ2) is 10.1. The lowest BCUT2D eigenvalue weighted by molar-refractivity contribution is -0.124. The van der Waals surface area contributed by atoms with Crippen LogP contribution in [0.1, 0.15) is 44.9 Å². The Kier molecular flexibility index (Phi) is 8.54. The molecule has 2 N–H and O–H groups in total. The van der Waals surface area contributed by atoms with Crippen molar-refractivity contribution in [2.75, 3.05) is 13.1 Å². The molecular weight excluding hydrogens is 328 g/mol. The Morgan fingerprint density at radius 1 is 1.29 bits per heavy atom. The van der Waals surface area contributed by atoms with Crippen molar-refractivity contribution in [2.24, 2.45) is 5.92 Å². The van der Waals surface area contributed by atoms with E-state index in [2.05, 4.69) is 22.7 Å². The third-order valence-electron chi connectivity index (χ3n) is 3.48. The number of carbonyl (C=O) groups excluding carboxylic acids is 2. The van der Waals surface area contributed by atoms with E-state index < -0.39 is 0 Å². The molecule has 6 nitrogen and oxygen atoms in total. The van der Waals surface area contributed by atoms with Gasteiger partial charge in [0.25, 0.3) is 0 Å². The summed E-state index contributed by atoms with van der Waals surface area (Å²) in [5.41, 5.74) is 1.56. The largest absolute Gasteiger partial charge is 0.354 e. The van der Waals surface area contributed by atoms with Gasteiger partial charge in [-0.3, -0.25) is 14.3 Å². The third kappa shape index (κ3) is 6.35. The lowest BCUT2D eigenvalue weighted by Crippen LogP contribution is -2.35. The summed E-state index contributed by atoms with van der Waals surface area (Å²) in [5, 5.41) is 10.4. The first-order valence-corrected chi connectivity index (χ1v) is 8.71. The molecule has 0 aromatic carbocycles. The van der Waals surface area contributed by atoms with Gasteiger partial charge in [-0.05, 0) is 19.4 Å². The molecule has 1 heterocycles. The van der Waals surface area contributed by atoms with Crippen molar-refractivity contribution in [2.45, 2.75) is 47.1 Å². The van der Waals surface area contributed by atoms with Crippen LogP contribution in [0.3, 0.4) is 0 Å². The second-order valence-corrected chi connectivity index (χ2v) is 6.29. The first kappa shape index (κ1) is 20.2. The molecule has 0 aliphatic carbocycles. The third-order valence-corrected chi connectivity index (χ3v) is 3.88. The van der Waals surface area contributed by atoms with Crippen LogP contribution in [0.2, 0.25) is 5.15 Å². The fourth-order valence-corrected chi connectivity index (χ4v) is 2.33. The minimum atomic E-state index is -0.231. The lowest BCUT2D eigenvalue weighted by atomic mass is 10.2. The lowest BCUT2D eigenvalue weighted by Gasteiger charge is -2.07. The number of hydrogen-bond acceptors (Lipinski definition) is 3. The van der Waals surface area contributed by atoms with Gasteiger partial charge in [0.1, 0.15) is 5.15 Å². The van der Waals surface area contributed by atoms with Crippen LogP contribution in [-0.2, 0) is 16.1 Å². The van der Waals surface area contributed by atoms with Crippen molar-refractivity contribution in [1.82, 2.24) is 20.4 Å². The number of nitrogens with zero attached hydrogens (tertiary/aromatic N) is 2. The number of aromatic nitrogens is 2. The van der Waals surface area contributed by atoms with Gasteiger partial charge >= 0.3 is 0 Å². The van der Waals surface area contributed by atoms with E-state index in [0.717, 1.165) is 30.6 Å². The number of rotatable bonds is 9. The summed E-state index contributed by atoms with van der Waals surface area (Å²) in [5.74, 6) is -0.317. The minimum Gasteiger partial charge on any atom is -0.354 e. The van der Waals surface area contributed by atoms with Crippen LogP contribution in [0.25, 0.3) is 6.08 Å². The highest BCUT2D eigenvalue weighted by Crippen LogP contribution is 2.21. The summed E-state index contributed by atoms with van der Waals surface area (Å²) in [4.78, 5) is 23.2. The van der Waals surface area contributed by atoms with E-state index in [0.29, 0.717) is 18.2 Å². The molecule has 0 aliphatic heterocycles. The maximum absolute atomic E-state index is 11.8. The van der Waals surface area contributed by atoms with Crippen molar-refractivity contribution >= 4 is 29.5 Å². The summed E-state index contributed by atoms with van der Waals surface area (Å²) in [7, 11) is 0. The standard InChI is InChI=1S/C17H27ClN4O2/c1-5-6-11-22-16(18)14(13(4)21-22)7-8-15(23)19-9-10-20-17(24)12(2)3/h7-8,12H,5-6,9-11H2,1-4H3,(H,19,23)(H,20,24). The highest BCUT2D eigenvalue weighted by Gasteiger charge is 2.11. The van der Waals surface area contributed by atoms with E-state index in [1.54, 1.807) is 10.8 Å². The van der Waals surface area contributed by atoms with Gasteiger partial charge in [-0.2, -0.15) is 5.10 Å². The summed E-state index contributed by atoms with van der Waals surface area (Å²) in [6.45, 7) is 9.18. The van der Waals surface area contributed by atoms with E-state index >= 15 is 0 Å². The number of aryl methyl sites for hydroxylation is 2. The predicted octanol–water partition coefficient (Wildman–Crippen LogP) is 2.55. The highest BCUT2D eigenvalue weighted by molar-refractivity contribution is 6.31. The fraction of sp³-hybridized carbons (Fsp3) is 0.588. The van der Waals surface area contributed by atoms with Crippen LogP contribution in [0.5, 0.6) is 0 Å². The molecule has 0 fully saturated rings. The Balaban J connectivity index is 2.49. The average Bonchev–Trinajstić information content (AvgIpc) is 2.81. The molecule has 0 atom stereocenters. The SMILES string of the molecule is CCCCn1nc(C)c(C=CC(=O)NCCNC(=O)C(C)C)c1Cl. The molecule has 1 rings (SSSR count). The van der Waals surface area contributed by atoms with Gasteiger partial charge in [-0.1, -0.05) is 38.8 Å². The average molecular weight is 355 g/mol. The number of nitrogens with one attached hydrogen (secondary N) is 2. The summed E-state index contributed by atoms with van der Waals surface area (Å²) < 4.78 is 1.76. The zero-order valence-electron chi connectivity index (χ0n) is 14.9. The van der Waals surface area contributed by atoms with Crippen LogP contribution >= 0.6 is 11.6 Å². The molecule has 0 unspecified atom stereocenters. The number of hydrogen-bond donors (Lipinski definition) is 2. The monoisotopic (exact) mass is 354 g/mol. The van der Waals surface area contributed by atoms with Gasteiger partial charge in [-0.25, -0.2) is 0 Å². The van der Waals surface area contributed by atoms with Crippen molar-refractivity contribution < 1.29 is 9.59 Å². The number of halogens is 1. The van der Waals surface area contributed by atoms with Crippen LogP contribution < -0.4 is 10.6 Å². The van der Waals surface area contributed by atoms with E-state index in [1.165, 1.54) is 6.08 Å². The second-order valence-electron chi connectivity index (χ2n) is 5.94. The molecule has 24 heavy (non-hydrogen) atoms. The number of carbonyl (C=O) groups is 2. The van der Waals surface area contributed by atoms with Crippen molar-refractivity contribution in [3.63, 3.8) is 0 Å². The molecule has 1 aromatic heterocycles. The summed E-state index contributed by atoms with van der Waals surface area (Å²) >= 11 is 6.31. The Morgan fingerprint density at radius 3 is 2.58 bits per heavy atom.